The monoisotopic (exact) mass is 221 g/mol. The van der Waals surface area contributed by atoms with E-state index in [-0.39, 0.29) is 0 Å². The quantitative estimate of drug-likeness (QED) is 0.721. The summed E-state index contributed by atoms with van der Waals surface area (Å²) in [5, 5.41) is 4.03. The summed E-state index contributed by atoms with van der Waals surface area (Å²) in [6.45, 7) is 2.07. The summed E-state index contributed by atoms with van der Waals surface area (Å²) >= 11 is 0. The van der Waals surface area contributed by atoms with Crippen molar-refractivity contribution >= 4 is 11.5 Å². The molecule has 0 fully saturated rings. The Morgan fingerprint density at radius 2 is 2.38 bits per heavy atom. The van der Waals surface area contributed by atoms with Crippen molar-refractivity contribution in [2.45, 2.75) is 6.92 Å². The van der Waals surface area contributed by atoms with Crippen LogP contribution in [-0.2, 0) is 4.74 Å². The van der Waals surface area contributed by atoms with Crippen LogP contribution in [0.3, 0.4) is 0 Å². The van der Waals surface area contributed by atoms with E-state index in [0.717, 1.165) is 0 Å². The highest BCUT2D eigenvalue weighted by atomic mass is 16.5. The lowest BCUT2D eigenvalue weighted by Gasteiger charge is -2.03. The number of ether oxygens (including phenoxy) is 2. The van der Waals surface area contributed by atoms with Gasteiger partial charge in [0.1, 0.15) is 11.1 Å². The molecular formula is C10H11N3O3. The van der Waals surface area contributed by atoms with Crippen LogP contribution in [0.25, 0.3) is 5.52 Å². The lowest BCUT2D eigenvalue weighted by atomic mass is 10.3. The molecule has 84 valence electrons. The van der Waals surface area contributed by atoms with Gasteiger partial charge in [-0.05, 0) is 6.92 Å². The van der Waals surface area contributed by atoms with Crippen LogP contribution in [0.1, 0.15) is 17.3 Å². The molecule has 0 aliphatic carbocycles. The summed E-state index contributed by atoms with van der Waals surface area (Å²) in [6, 6.07) is 0. The number of rotatable bonds is 3. The molecule has 6 heteroatoms. The van der Waals surface area contributed by atoms with Gasteiger partial charge in [0.25, 0.3) is 0 Å². The minimum absolute atomic E-state index is 0.318. The minimum Gasteiger partial charge on any atom is -0.479 e. The fourth-order valence-electron chi connectivity index (χ4n) is 1.42. The third-order valence-corrected chi connectivity index (χ3v) is 2.09. The molecule has 0 saturated carbocycles. The molecule has 0 spiro atoms. The second-order valence-electron chi connectivity index (χ2n) is 3.01. The normalized spacial score (nSPS) is 10.4. The first kappa shape index (κ1) is 10.4. The first-order chi connectivity index (χ1) is 7.77. The molecule has 0 amide bonds. The molecule has 0 atom stereocenters. The third kappa shape index (κ3) is 1.58. The molecule has 2 aromatic heterocycles. The Morgan fingerprint density at radius 1 is 1.56 bits per heavy atom. The van der Waals surface area contributed by atoms with Gasteiger partial charge in [-0.1, -0.05) is 0 Å². The zero-order valence-corrected chi connectivity index (χ0v) is 9.01. The lowest BCUT2D eigenvalue weighted by Crippen LogP contribution is -2.05. The highest BCUT2D eigenvalue weighted by Gasteiger charge is 2.17. The third-order valence-electron chi connectivity index (χ3n) is 2.09. The van der Waals surface area contributed by atoms with E-state index in [2.05, 4.69) is 10.1 Å². The Balaban J connectivity index is 2.58. The molecule has 6 nitrogen and oxygen atoms in total. The number of methoxy groups -OCH3 is 1. The lowest BCUT2D eigenvalue weighted by molar-refractivity contribution is 0.0528. The average molecular weight is 221 g/mol. The molecule has 0 aliphatic heterocycles. The molecule has 0 unspecified atom stereocenters. The second kappa shape index (κ2) is 4.18. The molecule has 2 rings (SSSR count). The second-order valence-corrected chi connectivity index (χ2v) is 3.01. The largest absolute Gasteiger partial charge is 0.479 e. The van der Waals surface area contributed by atoms with Gasteiger partial charge in [-0.15, -0.1) is 0 Å². The SMILES string of the molecule is CCOC(=O)c1cnn2ccnc(OC)c12. The summed E-state index contributed by atoms with van der Waals surface area (Å²) in [6.07, 6.45) is 4.63. The van der Waals surface area contributed by atoms with E-state index in [4.69, 9.17) is 9.47 Å². The Morgan fingerprint density at radius 3 is 3.06 bits per heavy atom. The first-order valence-corrected chi connectivity index (χ1v) is 4.81. The van der Waals surface area contributed by atoms with Gasteiger partial charge in [-0.3, -0.25) is 0 Å². The molecule has 0 aliphatic rings. The highest BCUT2D eigenvalue weighted by molar-refractivity contribution is 5.98. The van der Waals surface area contributed by atoms with Gasteiger partial charge < -0.3 is 9.47 Å². The fraction of sp³-hybridized carbons (Fsp3) is 0.300. The maximum atomic E-state index is 11.6. The van der Waals surface area contributed by atoms with Gasteiger partial charge in [0.05, 0.1) is 19.9 Å². The van der Waals surface area contributed by atoms with Crippen molar-refractivity contribution in [1.29, 1.82) is 0 Å². The summed E-state index contributed by atoms with van der Waals surface area (Å²) in [7, 11) is 1.49. The van der Waals surface area contributed by atoms with Gasteiger partial charge in [-0.25, -0.2) is 14.3 Å². The Kier molecular flexibility index (Phi) is 2.72. The number of esters is 1. The molecule has 0 radical (unpaired) electrons. The topological polar surface area (TPSA) is 65.7 Å². The van der Waals surface area contributed by atoms with Crippen LogP contribution in [0.2, 0.25) is 0 Å². The predicted octanol–water partition coefficient (Wildman–Crippen LogP) is 0.915. The van der Waals surface area contributed by atoms with Crippen LogP contribution in [0, 0.1) is 0 Å². The number of nitrogens with zero attached hydrogens (tertiary/aromatic N) is 3. The van der Waals surface area contributed by atoms with Crippen molar-refractivity contribution in [3.63, 3.8) is 0 Å². The summed E-state index contributed by atoms with van der Waals surface area (Å²) < 4.78 is 11.5. The van der Waals surface area contributed by atoms with Gasteiger partial charge in [-0.2, -0.15) is 5.10 Å². The maximum absolute atomic E-state index is 11.6. The minimum atomic E-state index is -0.427. The van der Waals surface area contributed by atoms with Crippen LogP contribution in [0.5, 0.6) is 5.88 Å². The van der Waals surface area contributed by atoms with E-state index in [1.807, 2.05) is 0 Å². The highest BCUT2D eigenvalue weighted by Crippen LogP contribution is 2.20. The number of hydrogen-bond donors (Lipinski definition) is 0. The van der Waals surface area contributed by atoms with E-state index in [1.54, 1.807) is 19.3 Å². The van der Waals surface area contributed by atoms with E-state index in [9.17, 15) is 4.79 Å². The Bertz CT molecular complexity index is 521. The Labute approximate surface area is 91.8 Å². The van der Waals surface area contributed by atoms with Crippen molar-refractivity contribution in [3.05, 3.63) is 24.2 Å². The number of hydrogen-bond acceptors (Lipinski definition) is 5. The zero-order valence-electron chi connectivity index (χ0n) is 9.01. The molecule has 2 heterocycles. The molecule has 0 saturated heterocycles. The van der Waals surface area contributed by atoms with Crippen LogP contribution < -0.4 is 4.74 Å². The van der Waals surface area contributed by atoms with Crippen LogP contribution >= 0.6 is 0 Å². The van der Waals surface area contributed by atoms with E-state index in [1.165, 1.54) is 17.8 Å². The fourth-order valence-corrected chi connectivity index (χ4v) is 1.42. The maximum Gasteiger partial charge on any atom is 0.342 e. The van der Waals surface area contributed by atoms with Gasteiger partial charge in [0.2, 0.25) is 5.88 Å². The van der Waals surface area contributed by atoms with E-state index in [0.29, 0.717) is 23.6 Å². The standard InChI is InChI=1S/C10H11N3O3/c1-3-16-10(14)7-6-12-13-5-4-11-9(15-2)8(7)13/h4-6H,3H2,1-2H3. The predicted molar refractivity (Wildman–Crippen MR) is 55.5 cm³/mol. The summed E-state index contributed by atoms with van der Waals surface area (Å²) in [4.78, 5) is 15.6. The molecule has 0 aromatic carbocycles. The van der Waals surface area contributed by atoms with Crippen molar-refractivity contribution in [2.75, 3.05) is 13.7 Å². The molecule has 2 aromatic rings. The smallest absolute Gasteiger partial charge is 0.342 e. The van der Waals surface area contributed by atoms with Gasteiger partial charge in [0, 0.05) is 12.4 Å². The number of carbonyl (C=O) groups excluding carboxylic acids is 1. The van der Waals surface area contributed by atoms with Crippen molar-refractivity contribution in [3.8, 4) is 5.88 Å². The van der Waals surface area contributed by atoms with Crippen molar-refractivity contribution in [1.82, 2.24) is 14.6 Å². The van der Waals surface area contributed by atoms with Crippen molar-refractivity contribution in [2.24, 2.45) is 0 Å². The average Bonchev–Trinajstić information content (AvgIpc) is 2.72. The summed E-state index contributed by atoms with van der Waals surface area (Å²) in [5.41, 5.74) is 0.871. The zero-order chi connectivity index (χ0) is 11.5. The molecule has 16 heavy (non-hydrogen) atoms. The van der Waals surface area contributed by atoms with Crippen molar-refractivity contribution < 1.29 is 14.3 Å². The number of fused-ring (bicyclic) bond motifs is 1. The van der Waals surface area contributed by atoms with Crippen LogP contribution in [-0.4, -0.2) is 34.3 Å². The molecule has 0 N–H and O–H groups in total. The molecular weight excluding hydrogens is 210 g/mol. The van der Waals surface area contributed by atoms with Gasteiger partial charge >= 0.3 is 5.97 Å². The summed E-state index contributed by atoms with van der Waals surface area (Å²) in [5.74, 6) is -0.0770. The Hall–Kier alpha value is -2.11. The number of aromatic nitrogens is 3. The van der Waals surface area contributed by atoms with E-state index < -0.39 is 5.97 Å². The number of carbonyl (C=O) groups is 1. The van der Waals surface area contributed by atoms with Gasteiger partial charge in [0.15, 0.2) is 0 Å². The van der Waals surface area contributed by atoms with Crippen LogP contribution in [0.4, 0.5) is 0 Å². The van der Waals surface area contributed by atoms with E-state index >= 15 is 0 Å². The first-order valence-electron chi connectivity index (χ1n) is 4.81. The van der Waals surface area contributed by atoms with Crippen LogP contribution in [0.15, 0.2) is 18.6 Å². The molecule has 0 bridgehead atoms.